The van der Waals surface area contributed by atoms with Gasteiger partial charge in [0.25, 0.3) is 0 Å². The minimum absolute atomic E-state index is 0.130. The standard InChI is InChI=1S/C14H14O2S/c1-2-17(15,16)14-10-6-9-13(11-14)12-7-4-3-5-8-12/h3-11H,2H2,1H3. The number of benzene rings is 2. The van der Waals surface area contributed by atoms with E-state index in [0.29, 0.717) is 4.90 Å². The second kappa shape index (κ2) is 4.72. The van der Waals surface area contributed by atoms with Crippen molar-refractivity contribution >= 4 is 9.84 Å². The van der Waals surface area contributed by atoms with Gasteiger partial charge in [0.15, 0.2) is 9.84 Å². The summed E-state index contributed by atoms with van der Waals surface area (Å²) in [6.45, 7) is 1.66. The molecule has 2 aromatic carbocycles. The van der Waals surface area contributed by atoms with Crippen LogP contribution < -0.4 is 0 Å². The third-order valence-electron chi connectivity index (χ3n) is 2.68. The number of hydrogen-bond donors (Lipinski definition) is 0. The van der Waals surface area contributed by atoms with E-state index in [1.165, 1.54) is 0 Å². The zero-order chi connectivity index (χ0) is 12.3. The van der Waals surface area contributed by atoms with E-state index in [1.54, 1.807) is 25.1 Å². The van der Waals surface area contributed by atoms with E-state index in [4.69, 9.17) is 0 Å². The fourth-order valence-electron chi connectivity index (χ4n) is 1.67. The van der Waals surface area contributed by atoms with Crippen LogP contribution in [0.1, 0.15) is 6.92 Å². The Morgan fingerprint density at radius 3 is 2.18 bits per heavy atom. The lowest BCUT2D eigenvalue weighted by atomic mass is 10.1. The summed E-state index contributed by atoms with van der Waals surface area (Å²) in [4.78, 5) is 0.390. The van der Waals surface area contributed by atoms with Gasteiger partial charge in [-0.3, -0.25) is 0 Å². The molecule has 0 fully saturated rings. The second-order valence-electron chi connectivity index (χ2n) is 3.80. The Morgan fingerprint density at radius 1 is 0.882 bits per heavy atom. The maximum atomic E-state index is 11.8. The van der Waals surface area contributed by atoms with Crippen molar-refractivity contribution in [1.29, 1.82) is 0 Å². The average molecular weight is 246 g/mol. The molecule has 0 aliphatic heterocycles. The number of sulfone groups is 1. The van der Waals surface area contributed by atoms with E-state index >= 15 is 0 Å². The highest BCUT2D eigenvalue weighted by molar-refractivity contribution is 7.91. The van der Waals surface area contributed by atoms with Crippen molar-refractivity contribution in [2.45, 2.75) is 11.8 Å². The van der Waals surface area contributed by atoms with E-state index in [9.17, 15) is 8.42 Å². The van der Waals surface area contributed by atoms with Crippen molar-refractivity contribution in [1.82, 2.24) is 0 Å². The predicted octanol–water partition coefficient (Wildman–Crippen LogP) is 3.15. The molecule has 0 N–H and O–H groups in total. The molecule has 0 spiro atoms. The van der Waals surface area contributed by atoms with Gasteiger partial charge in [0.1, 0.15) is 0 Å². The second-order valence-corrected chi connectivity index (χ2v) is 6.08. The zero-order valence-electron chi connectivity index (χ0n) is 9.63. The molecule has 0 heterocycles. The summed E-state index contributed by atoms with van der Waals surface area (Å²) in [6, 6.07) is 16.8. The van der Waals surface area contributed by atoms with Gasteiger partial charge in [-0.05, 0) is 23.3 Å². The number of hydrogen-bond acceptors (Lipinski definition) is 2. The van der Waals surface area contributed by atoms with Crippen LogP contribution in [0.2, 0.25) is 0 Å². The molecule has 0 bridgehead atoms. The molecular weight excluding hydrogens is 232 g/mol. The van der Waals surface area contributed by atoms with Gasteiger partial charge in [0.05, 0.1) is 10.6 Å². The quantitative estimate of drug-likeness (QED) is 0.833. The summed E-state index contributed by atoms with van der Waals surface area (Å²) in [5.41, 5.74) is 1.96. The molecule has 0 saturated heterocycles. The van der Waals surface area contributed by atoms with Gasteiger partial charge in [0, 0.05) is 0 Å². The monoisotopic (exact) mass is 246 g/mol. The maximum Gasteiger partial charge on any atom is 0.178 e. The molecule has 0 saturated carbocycles. The van der Waals surface area contributed by atoms with E-state index in [1.807, 2.05) is 36.4 Å². The highest BCUT2D eigenvalue weighted by atomic mass is 32.2. The fraction of sp³-hybridized carbons (Fsp3) is 0.143. The first-order valence-electron chi connectivity index (χ1n) is 5.52. The minimum atomic E-state index is -3.13. The molecule has 0 unspecified atom stereocenters. The summed E-state index contributed by atoms with van der Waals surface area (Å²) in [7, 11) is -3.13. The van der Waals surface area contributed by atoms with Crippen LogP contribution in [0, 0.1) is 0 Å². The van der Waals surface area contributed by atoms with Gasteiger partial charge in [-0.25, -0.2) is 8.42 Å². The van der Waals surface area contributed by atoms with Crippen LogP contribution in [0.15, 0.2) is 59.5 Å². The van der Waals surface area contributed by atoms with E-state index < -0.39 is 9.84 Å². The lowest BCUT2D eigenvalue weighted by Crippen LogP contribution is -2.03. The first kappa shape index (κ1) is 11.9. The predicted molar refractivity (Wildman–Crippen MR) is 69.6 cm³/mol. The van der Waals surface area contributed by atoms with Gasteiger partial charge in [-0.15, -0.1) is 0 Å². The third-order valence-corrected chi connectivity index (χ3v) is 4.41. The highest BCUT2D eigenvalue weighted by Gasteiger charge is 2.11. The molecule has 17 heavy (non-hydrogen) atoms. The normalized spacial score (nSPS) is 11.4. The lowest BCUT2D eigenvalue weighted by Gasteiger charge is -2.05. The van der Waals surface area contributed by atoms with Crippen LogP contribution in [-0.2, 0) is 9.84 Å². The van der Waals surface area contributed by atoms with Crippen LogP contribution >= 0.6 is 0 Å². The molecule has 0 amide bonds. The van der Waals surface area contributed by atoms with Crippen molar-refractivity contribution in [3.05, 3.63) is 54.6 Å². The Morgan fingerprint density at radius 2 is 1.53 bits per heavy atom. The summed E-state index contributed by atoms with van der Waals surface area (Å²) in [6.07, 6.45) is 0. The SMILES string of the molecule is CCS(=O)(=O)c1cccc(-c2ccccc2)c1. The van der Waals surface area contributed by atoms with Crippen LogP contribution in [0.3, 0.4) is 0 Å². The maximum absolute atomic E-state index is 11.8. The van der Waals surface area contributed by atoms with Crippen molar-refractivity contribution in [3.8, 4) is 11.1 Å². The molecule has 0 aliphatic rings. The van der Waals surface area contributed by atoms with Crippen molar-refractivity contribution in [2.24, 2.45) is 0 Å². The molecule has 3 heteroatoms. The van der Waals surface area contributed by atoms with E-state index in [-0.39, 0.29) is 5.75 Å². The Labute approximate surface area is 102 Å². The van der Waals surface area contributed by atoms with Crippen LogP contribution in [0.5, 0.6) is 0 Å². The van der Waals surface area contributed by atoms with Gasteiger partial charge in [0.2, 0.25) is 0 Å². The van der Waals surface area contributed by atoms with Crippen LogP contribution in [-0.4, -0.2) is 14.2 Å². The lowest BCUT2D eigenvalue weighted by molar-refractivity contribution is 0.597. The molecular formula is C14H14O2S. The molecule has 88 valence electrons. The number of rotatable bonds is 3. The van der Waals surface area contributed by atoms with E-state index in [0.717, 1.165) is 11.1 Å². The minimum Gasteiger partial charge on any atom is -0.224 e. The van der Waals surface area contributed by atoms with Gasteiger partial charge in [-0.2, -0.15) is 0 Å². The third kappa shape index (κ3) is 2.56. The first-order chi connectivity index (χ1) is 8.13. The zero-order valence-corrected chi connectivity index (χ0v) is 10.4. The summed E-state index contributed by atoms with van der Waals surface area (Å²) in [5, 5.41) is 0. The molecule has 0 aliphatic carbocycles. The largest absolute Gasteiger partial charge is 0.224 e. The molecule has 0 atom stereocenters. The Balaban J connectivity index is 2.50. The Bertz CT molecular complexity index is 601. The summed E-state index contributed by atoms with van der Waals surface area (Å²) < 4.78 is 23.6. The van der Waals surface area contributed by atoms with Crippen LogP contribution in [0.4, 0.5) is 0 Å². The molecule has 2 rings (SSSR count). The van der Waals surface area contributed by atoms with Crippen molar-refractivity contribution in [2.75, 3.05) is 5.75 Å². The van der Waals surface area contributed by atoms with Gasteiger partial charge >= 0.3 is 0 Å². The Hall–Kier alpha value is -1.61. The summed E-state index contributed by atoms with van der Waals surface area (Å²) >= 11 is 0. The van der Waals surface area contributed by atoms with Gasteiger partial charge < -0.3 is 0 Å². The molecule has 2 aromatic rings. The van der Waals surface area contributed by atoms with Crippen molar-refractivity contribution in [3.63, 3.8) is 0 Å². The smallest absolute Gasteiger partial charge is 0.178 e. The topological polar surface area (TPSA) is 34.1 Å². The van der Waals surface area contributed by atoms with Crippen molar-refractivity contribution < 1.29 is 8.42 Å². The van der Waals surface area contributed by atoms with Crippen LogP contribution in [0.25, 0.3) is 11.1 Å². The highest BCUT2D eigenvalue weighted by Crippen LogP contribution is 2.22. The first-order valence-corrected chi connectivity index (χ1v) is 7.17. The average Bonchev–Trinajstić information content (AvgIpc) is 2.40. The Kier molecular flexibility index (Phi) is 3.29. The summed E-state index contributed by atoms with van der Waals surface area (Å²) in [5.74, 6) is 0.130. The van der Waals surface area contributed by atoms with Gasteiger partial charge in [-0.1, -0.05) is 49.4 Å². The molecule has 0 radical (unpaired) electrons. The molecule has 0 aromatic heterocycles. The fourth-order valence-corrected chi connectivity index (χ4v) is 2.59. The van der Waals surface area contributed by atoms with E-state index in [2.05, 4.69) is 0 Å². The molecule has 2 nitrogen and oxygen atoms in total.